The first-order valence-electron chi connectivity index (χ1n) is 7.96. The minimum absolute atomic E-state index is 0.0892. The van der Waals surface area contributed by atoms with Crippen molar-refractivity contribution in [2.75, 3.05) is 10.8 Å². The molecule has 0 heterocycles. The Kier molecular flexibility index (Phi) is 5.48. The van der Waals surface area contributed by atoms with E-state index < -0.39 is 15.8 Å². The fourth-order valence-electron chi connectivity index (χ4n) is 2.62. The van der Waals surface area contributed by atoms with Gasteiger partial charge in [0.1, 0.15) is 11.9 Å². The monoisotopic (exact) mass is 360 g/mol. The molecule has 2 aromatic rings. The summed E-state index contributed by atoms with van der Waals surface area (Å²) in [6.07, 6.45) is 0. The molecule has 0 aliphatic heterocycles. The van der Waals surface area contributed by atoms with Crippen molar-refractivity contribution in [3.63, 3.8) is 0 Å². The number of halogens is 1. The van der Waals surface area contributed by atoms with Gasteiger partial charge in [0.25, 0.3) is 10.0 Å². The summed E-state index contributed by atoms with van der Waals surface area (Å²) in [6.45, 7) is 7.94. The predicted octanol–water partition coefficient (Wildman–Crippen LogP) is 4.17. The summed E-state index contributed by atoms with van der Waals surface area (Å²) in [7, 11) is -3.92. The second-order valence-corrected chi connectivity index (χ2v) is 8.34. The third-order valence-corrected chi connectivity index (χ3v) is 5.57. The molecule has 0 saturated heterocycles. The predicted molar refractivity (Wildman–Crippen MR) is 96.4 cm³/mol. The smallest absolute Gasteiger partial charge is 0.264 e. The summed E-state index contributed by atoms with van der Waals surface area (Å²) in [4.78, 5) is -0.0916. The lowest BCUT2D eigenvalue weighted by Crippen LogP contribution is -2.35. The molecule has 0 N–H and O–H groups in total. The summed E-state index contributed by atoms with van der Waals surface area (Å²) in [5.41, 5.74) is 2.18. The molecule has 0 radical (unpaired) electrons. The van der Waals surface area contributed by atoms with Crippen molar-refractivity contribution >= 4 is 15.7 Å². The molecule has 0 aromatic heterocycles. The van der Waals surface area contributed by atoms with E-state index in [1.54, 1.807) is 12.1 Å². The van der Waals surface area contributed by atoms with Crippen LogP contribution in [-0.4, -0.2) is 15.0 Å². The zero-order valence-corrected chi connectivity index (χ0v) is 15.6. The highest BCUT2D eigenvalue weighted by Gasteiger charge is 2.27. The average molecular weight is 360 g/mol. The lowest BCUT2D eigenvalue weighted by molar-refractivity contribution is 0.576. The Morgan fingerprint density at radius 2 is 1.84 bits per heavy atom. The van der Waals surface area contributed by atoms with Gasteiger partial charge in [-0.25, -0.2) is 12.8 Å². The molecule has 0 bridgehead atoms. The first-order chi connectivity index (χ1) is 11.7. The van der Waals surface area contributed by atoms with Gasteiger partial charge in [-0.1, -0.05) is 31.5 Å². The number of nitriles is 1. The van der Waals surface area contributed by atoms with Crippen molar-refractivity contribution in [1.82, 2.24) is 0 Å². The third-order valence-electron chi connectivity index (χ3n) is 3.80. The van der Waals surface area contributed by atoms with Crippen molar-refractivity contribution in [1.29, 1.82) is 5.26 Å². The standard InChI is InChI=1S/C19H21FN2O2S/c1-13(2)12-22(19-8-5-14(3)9-15(19)4)25(23,24)17-6-7-18(20)16(10-17)11-21/h5-10,13H,12H2,1-4H3. The van der Waals surface area contributed by atoms with Gasteiger partial charge < -0.3 is 0 Å². The van der Waals surface area contributed by atoms with Gasteiger partial charge in [0.15, 0.2) is 0 Å². The van der Waals surface area contributed by atoms with Gasteiger partial charge in [0, 0.05) is 6.54 Å². The second kappa shape index (κ2) is 7.24. The lowest BCUT2D eigenvalue weighted by atomic mass is 10.1. The average Bonchev–Trinajstić information content (AvgIpc) is 2.53. The fraction of sp³-hybridized carbons (Fsp3) is 0.316. The second-order valence-electron chi connectivity index (χ2n) is 6.47. The van der Waals surface area contributed by atoms with E-state index in [4.69, 9.17) is 5.26 Å². The van der Waals surface area contributed by atoms with Crippen LogP contribution in [0.2, 0.25) is 0 Å². The molecule has 0 aliphatic carbocycles. The summed E-state index contributed by atoms with van der Waals surface area (Å²) in [5.74, 6) is -0.644. The molecule has 2 rings (SSSR count). The Labute approximate surface area is 148 Å². The van der Waals surface area contributed by atoms with Crippen LogP contribution in [0, 0.1) is 36.9 Å². The first kappa shape index (κ1) is 18.9. The Bertz CT molecular complexity index is 931. The van der Waals surface area contributed by atoms with Crippen molar-refractivity contribution < 1.29 is 12.8 Å². The maximum Gasteiger partial charge on any atom is 0.264 e. The van der Waals surface area contributed by atoms with Crippen molar-refractivity contribution in [2.45, 2.75) is 32.6 Å². The normalized spacial score (nSPS) is 11.4. The largest absolute Gasteiger partial charge is 0.266 e. The van der Waals surface area contributed by atoms with Crippen LogP contribution >= 0.6 is 0 Å². The molecular weight excluding hydrogens is 339 g/mol. The molecule has 0 amide bonds. The third kappa shape index (κ3) is 3.99. The minimum atomic E-state index is -3.92. The number of rotatable bonds is 5. The maximum absolute atomic E-state index is 13.6. The molecule has 132 valence electrons. The van der Waals surface area contributed by atoms with Crippen LogP contribution in [0.25, 0.3) is 0 Å². The summed E-state index contributed by atoms with van der Waals surface area (Å²) >= 11 is 0. The zero-order chi connectivity index (χ0) is 18.8. The number of aryl methyl sites for hydroxylation is 2. The minimum Gasteiger partial charge on any atom is -0.266 e. The van der Waals surface area contributed by atoms with Crippen molar-refractivity contribution in [3.8, 4) is 6.07 Å². The topological polar surface area (TPSA) is 61.2 Å². The molecule has 6 heteroatoms. The quantitative estimate of drug-likeness (QED) is 0.804. The SMILES string of the molecule is Cc1ccc(N(CC(C)C)S(=O)(=O)c2ccc(F)c(C#N)c2)c(C)c1. The summed E-state index contributed by atoms with van der Waals surface area (Å²) in [5, 5.41) is 8.99. The van der Waals surface area contributed by atoms with Crippen molar-refractivity contribution in [3.05, 3.63) is 58.9 Å². The Morgan fingerprint density at radius 3 is 2.40 bits per heavy atom. The number of anilines is 1. The lowest BCUT2D eigenvalue weighted by Gasteiger charge is -2.28. The van der Waals surface area contributed by atoms with Gasteiger partial charge in [0.05, 0.1) is 16.1 Å². The molecule has 0 saturated carbocycles. The molecule has 4 nitrogen and oxygen atoms in total. The van der Waals surface area contributed by atoms with Crippen LogP contribution in [-0.2, 0) is 10.0 Å². The van der Waals surface area contributed by atoms with E-state index >= 15 is 0 Å². The number of nitrogens with zero attached hydrogens (tertiary/aromatic N) is 2. The molecule has 0 fully saturated rings. The van der Waals surface area contributed by atoms with Crippen LogP contribution in [0.5, 0.6) is 0 Å². The van der Waals surface area contributed by atoms with E-state index in [-0.39, 0.29) is 22.9 Å². The fourth-order valence-corrected chi connectivity index (χ4v) is 4.34. The first-order valence-corrected chi connectivity index (χ1v) is 9.40. The van der Waals surface area contributed by atoms with E-state index in [1.165, 1.54) is 10.4 Å². The summed E-state index contributed by atoms with van der Waals surface area (Å²) in [6, 6.07) is 10.5. The molecule has 25 heavy (non-hydrogen) atoms. The highest BCUT2D eigenvalue weighted by molar-refractivity contribution is 7.92. The number of hydrogen-bond donors (Lipinski definition) is 0. The van der Waals surface area contributed by atoms with Crippen LogP contribution in [0.4, 0.5) is 10.1 Å². The number of hydrogen-bond acceptors (Lipinski definition) is 3. The highest BCUT2D eigenvalue weighted by Crippen LogP contribution is 2.29. The van der Waals surface area contributed by atoms with Gasteiger partial charge in [-0.3, -0.25) is 4.31 Å². The van der Waals surface area contributed by atoms with Crippen LogP contribution in [0.3, 0.4) is 0 Å². The molecular formula is C19H21FN2O2S. The summed E-state index contributed by atoms with van der Waals surface area (Å²) < 4.78 is 41.3. The highest BCUT2D eigenvalue weighted by atomic mass is 32.2. The van der Waals surface area contributed by atoms with E-state index in [0.717, 1.165) is 23.3 Å². The number of sulfonamides is 1. The van der Waals surface area contributed by atoms with Gasteiger partial charge in [-0.2, -0.15) is 5.26 Å². The molecule has 0 unspecified atom stereocenters. The molecule has 0 aliphatic rings. The molecule has 0 atom stereocenters. The van der Waals surface area contributed by atoms with Gasteiger partial charge in [-0.15, -0.1) is 0 Å². The van der Waals surface area contributed by atoms with Crippen LogP contribution < -0.4 is 4.31 Å². The maximum atomic E-state index is 13.6. The van der Waals surface area contributed by atoms with E-state index in [1.807, 2.05) is 39.8 Å². The van der Waals surface area contributed by atoms with Crippen molar-refractivity contribution in [2.24, 2.45) is 5.92 Å². The zero-order valence-electron chi connectivity index (χ0n) is 14.7. The van der Waals surface area contributed by atoms with Crippen LogP contribution in [0.15, 0.2) is 41.3 Å². The Balaban J connectivity index is 2.62. The Hall–Kier alpha value is -2.39. The number of benzene rings is 2. The van der Waals surface area contributed by atoms with E-state index in [0.29, 0.717) is 5.69 Å². The molecule has 2 aromatic carbocycles. The van der Waals surface area contributed by atoms with Gasteiger partial charge in [0.2, 0.25) is 0 Å². The molecule has 0 spiro atoms. The van der Waals surface area contributed by atoms with Gasteiger partial charge >= 0.3 is 0 Å². The van der Waals surface area contributed by atoms with Crippen LogP contribution in [0.1, 0.15) is 30.5 Å². The van der Waals surface area contributed by atoms with E-state index in [9.17, 15) is 12.8 Å². The van der Waals surface area contributed by atoms with E-state index in [2.05, 4.69) is 0 Å². The Morgan fingerprint density at radius 1 is 1.16 bits per heavy atom. The van der Waals surface area contributed by atoms with Gasteiger partial charge in [-0.05, 0) is 49.6 Å².